The highest BCUT2D eigenvalue weighted by Gasteiger charge is 2.19. The third-order valence-electron chi connectivity index (χ3n) is 3.24. The number of carbonyl (C=O) groups is 1. The maximum Gasteiger partial charge on any atom is 0.307 e. The Kier molecular flexibility index (Phi) is 1.80. The summed E-state index contributed by atoms with van der Waals surface area (Å²) >= 11 is 0. The van der Waals surface area contributed by atoms with Gasteiger partial charge in [0.25, 0.3) is 0 Å². The molecule has 0 fully saturated rings. The Labute approximate surface area is 172 Å². The van der Waals surface area contributed by atoms with E-state index in [1.54, 1.807) is 0 Å². The highest BCUT2D eigenvalue weighted by Crippen LogP contribution is 2.37. The minimum absolute atomic E-state index is 0.285. The summed E-state index contributed by atoms with van der Waals surface area (Å²) in [6.07, 6.45) is -6.93. The molecule has 2 aromatic carbocycles. The third kappa shape index (κ3) is 4.09. The van der Waals surface area contributed by atoms with Crippen LogP contribution < -0.4 is 4.74 Å². The Balaban J connectivity index is 2.57. The molecule has 0 aliphatic carbocycles. The summed E-state index contributed by atoms with van der Waals surface area (Å²) < 4.78 is 143. The van der Waals surface area contributed by atoms with E-state index < -0.39 is 103 Å². The van der Waals surface area contributed by atoms with Crippen molar-refractivity contribution in [3.05, 3.63) is 70.7 Å². The summed E-state index contributed by atoms with van der Waals surface area (Å²) in [5, 5.41) is 9.41. The second kappa shape index (κ2) is 7.53. The van der Waals surface area contributed by atoms with Crippen molar-refractivity contribution in [1.82, 2.24) is 4.90 Å². The second-order valence-corrected chi connectivity index (χ2v) is 4.86. The van der Waals surface area contributed by atoms with E-state index in [9.17, 15) is 9.90 Å². The van der Waals surface area contributed by atoms with E-state index in [4.69, 9.17) is 28.0 Å². The predicted octanol–water partition coefficient (Wildman–Crippen LogP) is 3.59. The molecule has 0 radical (unpaired) electrons. The van der Waals surface area contributed by atoms with E-state index in [0.29, 0.717) is 0 Å². The molecule has 0 unspecified atom stereocenters. The lowest BCUT2D eigenvalue weighted by atomic mass is 9.92. The van der Waals surface area contributed by atoms with Gasteiger partial charge in [0.05, 0.1) is 13.2 Å². The van der Waals surface area contributed by atoms with Gasteiger partial charge in [0.15, 0.2) is 0 Å². The molecule has 1 aliphatic rings. The zero-order chi connectivity index (χ0) is 32.5. The molecule has 1 aliphatic heterocycles. The maximum atomic E-state index is 11.6. The highest BCUT2D eigenvalue weighted by atomic mass is 16.5. The molecule has 130 valence electrons. The SMILES string of the molecule is [2H]/C(=C1/c2cc(C([2H])([2H])C(=O)O)ccc2OCc2c([2H])c([2H])c([2H])c([2H])c21)C([2H])([2H])C([2H])([2H])N(C([2H])([2H])[2H])C([2H])([2H])[2H]. The number of nitrogens with zero attached hydrogens (tertiary/aromatic N) is 1. The standard InChI is InChI=1S/C21H23NO3/c1-22(2)11-5-8-18-17-7-4-3-6-16(17)14-25-20-10-9-15(12-19(18)20)13-21(23)24/h3-4,6-10,12H,5,11,13-14H2,1-2H3,(H,23,24)/b18-8-/i1D3,2D3,3D,4D,5D2,6D,7D,8D,11D2,13D2. The van der Waals surface area contributed by atoms with Gasteiger partial charge in [-0.25, -0.2) is 0 Å². The molecule has 0 spiro atoms. The lowest BCUT2D eigenvalue weighted by Crippen LogP contribution is -2.12. The molecular weight excluding hydrogens is 314 g/mol. The number of hydrogen-bond acceptors (Lipinski definition) is 3. The minimum Gasteiger partial charge on any atom is -0.488 e. The van der Waals surface area contributed by atoms with Crippen molar-refractivity contribution in [2.75, 3.05) is 20.4 Å². The van der Waals surface area contributed by atoms with Crippen molar-refractivity contribution in [2.45, 2.75) is 19.4 Å². The zero-order valence-corrected chi connectivity index (χ0v) is 12.7. The van der Waals surface area contributed by atoms with Crippen LogP contribution in [0.4, 0.5) is 0 Å². The monoisotopic (exact) mass is 354 g/mol. The first kappa shape index (κ1) is 5.99. The number of carboxylic acids is 1. The summed E-state index contributed by atoms with van der Waals surface area (Å²) in [5.74, 6) is -2.22. The highest BCUT2D eigenvalue weighted by molar-refractivity contribution is 5.85. The Hall–Kier alpha value is -2.59. The van der Waals surface area contributed by atoms with Crippen molar-refractivity contribution in [2.24, 2.45) is 0 Å². The van der Waals surface area contributed by atoms with Crippen molar-refractivity contribution in [3.63, 3.8) is 0 Å². The van der Waals surface area contributed by atoms with Gasteiger partial charge >= 0.3 is 5.97 Å². The molecule has 4 nitrogen and oxygen atoms in total. The van der Waals surface area contributed by atoms with E-state index in [2.05, 4.69) is 0 Å². The van der Waals surface area contributed by atoms with Crippen molar-refractivity contribution >= 4 is 11.5 Å². The predicted molar refractivity (Wildman–Crippen MR) is 98.8 cm³/mol. The van der Waals surface area contributed by atoms with E-state index >= 15 is 0 Å². The summed E-state index contributed by atoms with van der Waals surface area (Å²) in [5.41, 5.74) is -2.80. The molecule has 25 heavy (non-hydrogen) atoms. The minimum atomic E-state index is -4.00. The van der Waals surface area contributed by atoms with Crippen LogP contribution in [0.15, 0.2) is 48.4 Å². The number of benzene rings is 2. The van der Waals surface area contributed by atoms with Gasteiger partial charge in [-0.1, -0.05) is 36.3 Å². The molecule has 1 heterocycles. The van der Waals surface area contributed by atoms with Crippen molar-refractivity contribution in [1.29, 1.82) is 0 Å². The smallest absolute Gasteiger partial charge is 0.307 e. The number of carboxylic acid groups (broad SMARTS) is 1. The van der Waals surface area contributed by atoms with E-state index in [-0.39, 0.29) is 11.3 Å². The third-order valence-corrected chi connectivity index (χ3v) is 3.24. The van der Waals surface area contributed by atoms with Crippen LogP contribution in [0.3, 0.4) is 0 Å². The quantitative estimate of drug-likeness (QED) is 0.891. The van der Waals surface area contributed by atoms with Gasteiger partial charge in [0.1, 0.15) is 12.4 Å². The number of rotatable bonds is 5. The lowest BCUT2D eigenvalue weighted by molar-refractivity contribution is -0.136. The van der Waals surface area contributed by atoms with Gasteiger partial charge in [0, 0.05) is 28.5 Å². The zero-order valence-electron chi connectivity index (χ0n) is 29.7. The van der Waals surface area contributed by atoms with Crippen LogP contribution in [-0.4, -0.2) is 36.4 Å². The van der Waals surface area contributed by atoms with Gasteiger partial charge in [-0.2, -0.15) is 0 Å². The molecule has 3 rings (SSSR count). The van der Waals surface area contributed by atoms with E-state index in [1.165, 1.54) is 0 Å². The van der Waals surface area contributed by atoms with Gasteiger partial charge in [-0.15, -0.1) is 0 Å². The summed E-state index contributed by atoms with van der Waals surface area (Å²) in [7, 11) is 0. The van der Waals surface area contributed by atoms with Crippen LogP contribution in [0.25, 0.3) is 5.57 Å². The molecule has 0 saturated carbocycles. The van der Waals surface area contributed by atoms with E-state index in [0.717, 1.165) is 18.2 Å². The van der Waals surface area contributed by atoms with Gasteiger partial charge < -0.3 is 14.7 Å². The number of fused-ring (bicyclic) bond motifs is 2. The number of ether oxygens (including phenoxy) is 1. The molecule has 0 aromatic heterocycles. The normalized spacial score (nSPS) is 27.6. The molecule has 0 bridgehead atoms. The first-order chi connectivity index (χ1) is 18.8. The second-order valence-electron chi connectivity index (χ2n) is 4.86. The molecule has 2 aromatic rings. The Morgan fingerprint density at radius 1 is 1.44 bits per heavy atom. The summed E-state index contributed by atoms with van der Waals surface area (Å²) in [6.45, 7) is -12.1. The molecule has 1 N–H and O–H groups in total. The Morgan fingerprint density at radius 2 is 2.28 bits per heavy atom. The fourth-order valence-electron chi connectivity index (χ4n) is 2.27. The van der Waals surface area contributed by atoms with Crippen LogP contribution in [0.5, 0.6) is 5.75 Å². The molecule has 0 atom stereocenters. The van der Waals surface area contributed by atoms with Crippen LogP contribution in [0.2, 0.25) is 0 Å². The largest absolute Gasteiger partial charge is 0.488 e. The van der Waals surface area contributed by atoms with Crippen LogP contribution in [-0.2, 0) is 17.8 Å². The van der Waals surface area contributed by atoms with Crippen molar-refractivity contribution < 1.29 is 37.9 Å². The molecular formula is C21H23NO3. The number of aliphatic carboxylic acids is 1. The van der Waals surface area contributed by atoms with Crippen LogP contribution >= 0.6 is 0 Å². The fourth-order valence-corrected chi connectivity index (χ4v) is 2.27. The summed E-state index contributed by atoms with van der Waals surface area (Å²) in [6, 6.07) is -1.76. The van der Waals surface area contributed by atoms with Gasteiger partial charge in [-0.3, -0.25) is 4.79 Å². The summed E-state index contributed by atoms with van der Waals surface area (Å²) in [4.78, 5) is 10.9. The number of hydrogen-bond donors (Lipinski definition) is 1. The Morgan fingerprint density at radius 3 is 3.08 bits per heavy atom. The van der Waals surface area contributed by atoms with Crippen molar-refractivity contribution in [3.8, 4) is 5.75 Å². The van der Waals surface area contributed by atoms with Crippen LogP contribution in [0, 0.1) is 0 Å². The average Bonchev–Trinajstić information content (AvgIpc) is 3.00. The fraction of sp³-hybridized carbons (Fsp3) is 0.286. The first-order valence-electron chi connectivity index (χ1n) is 15.4. The van der Waals surface area contributed by atoms with Crippen LogP contribution in [0.1, 0.15) is 51.9 Å². The van der Waals surface area contributed by atoms with Gasteiger partial charge in [0.2, 0.25) is 0 Å². The maximum absolute atomic E-state index is 11.6. The molecule has 4 heteroatoms. The lowest BCUT2D eigenvalue weighted by Gasteiger charge is -2.13. The van der Waals surface area contributed by atoms with Gasteiger partial charge in [-0.05, 0) is 54.7 Å². The Bertz CT molecular complexity index is 1460. The average molecular weight is 355 g/mol. The van der Waals surface area contributed by atoms with E-state index in [1.807, 2.05) is 0 Å². The molecule has 0 saturated heterocycles. The first-order valence-corrected chi connectivity index (χ1v) is 6.93. The topological polar surface area (TPSA) is 49.8 Å². The molecule has 0 amide bonds.